The first-order valence-electron chi connectivity index (χ1n) is 5.61. The lowest BCUT2D eigenvalue weighted by molar-refractivity contribution is 0.415. The molecule has 4 nitrogen and oxygen atoms in total. The van der Waals surface area contributed by atoms with Crippen LogP contribution in [0.15, 0.2) is 30.3 Å². The second-order valence-electron chi connectivity index (χ2n) is 3.95. The van der Waals surface area contributed by atoms with Crippen LogP contribution in [0, 0.1) is 0 Å². The highest BCUT2D eigenvalue weighted by molar-refractivity contribution is 5.61. The maximum atomic E-state index is 5.20. The summed E-state index contributed by atoms with van der Waals surface area (Å²) in [7, 11) is 3.59. The highest BCUT2D eigenvalue weighted by Crippen LogP contribution is 2.23. The number of hydrogen-bond acceptors (Lipinski definition) is 3. The quantitative estimate of drug-likeness (QED) is 0.849. The fraction of sp³-hybridized carbons (Fsp3) is 0.308. The number of benzene rings is 1. The Morgan fingerprint density at radius 2 is 2.18 bits per heavy atom. The number of ether oxygens (including phenoxy) is 1. The van der Waals surface area contributed by atoms with Crippen LogP contribution in [0.25, 0.3) is 11.3 Å². The number of nitrogens with one attached hydrogen (secondary N) is 2. The maximum absolute atomic E-state index is 5.20. The zero-order valence-corrected chi connectivity index (χ0v) is 10.3. The number of H-pyrrole nitrogens is 1. The molecule has 1 unspecified atom stereocenters. The van der Waals surface area contributed by atoms with Crippen molar-refractivity contribution in [2.24, 2.45) is 0 Å². The molecule has 0 amide bonds. The summed E-state index contributed by atoms with van der Waals surface area (Å²) in [6, 6.07) is 10.2. The topological polar surface area (TPSA) is 49.9 Å². The molecule has 2 aromatic rings. The van der Waals surface area contributed by atoms with Crippen LogP contribution in [-0.2, 0) is 0 Å². The number of nitrogens with zero attached hydrogens (tertiary/aromatic N) is 1. The van der Waals surface area contributed by atoms with Crippen molar-refractivity contribution in [3.63, 3.8) is 0 Å². The molecule has 0 aliphatic carbocycles. The van der Waals surface area contributed by atoms with Gasteiger partial charge >= 0.3 is 0 Å². The molecule has 1 aromatic heterocycles. The molecular formula is C13H17N3O. The summed E-state index contributed by atoms with van der Waals surface area (Å²) in [6.45, 7) is 2.09. The standard InChI is InChI=1S/C13H17N3O/c1-9(14-2)12-8-13(16-15-12)10-5-4-6-11(7-10)17-3/h4-9,14H,1-3H3,(H,15,16). The Hall–Kier alpha value is -1.81. The first-order valence-corrected chi connectivity index (χ1v) is 5.61. The Balaban J connectivity index is 2.30. The van der Waals surface area contributed by atoms with E-state index in [1.807, 2.05) is 31.3 Å². The number of aromatic amines is 1. The van der Waals surface area contributed by atoms with E-state index in [4.69, 9.17) is 4.74 Å². The molecule has 0 bridgehead atoms. The predicted molar refractivity (Wildman–Crippen MR) is 68.1 cm³/mol. The Kier molecular flexibility index (Phi) is 3.44. The van der Waals surface area contributed by atoms with E-state index in [0.29, 0.717) is 0 Å². The molecule has 1 heterocycles. The monoisotopic (exact) mass is 231 g/mol. The SMILES string of the molecule is CNC(C)c1cc(-c2cccc(OC)c2)n[nH]1. The van der Waals surface area contributed by atoms with Crippen molar-refractivity contribution in [1.82, 2.24) is 15.5 Å². The van der Waals surface area contributed by atoms with E-state index in [1.165, 1.54) is 0 Å². The van der Waals surface area contributed by atoms with Crippen molar-refractivity contribution in [3.8, 4) is 17.0 Å². The van der Waals surface area contributed by atoms with Gasteiger partial charge in [0, 0.05) is 11.6 Å². The molecule has 0 fully saturated rings. The minimum atomic E-state index is 0.266. The lowest BCUT2D eigenvalue weighted by Gasteiger charge is -2.05. The van der Waals surface area contributed by atoms with Crippen molar-refractivity contribution in [3.05, 3.63) is 36.0 Å². The molecule has 0 saturated heterocycles. The van der Waals surface area contributed by atoms with Crippen LogP contribution in [0.3, 0.4) is 0 Å². The van der Waals surface area contributed by atoms with Crippen molar-refractivity contribution in [1.29, 1.82) is 0 Å². The number of rotatable bonds is 4. The van der Waals surface area contributed by atoms with E-state index in [-0.39, 0.29) is 6.04 Å². The average Bonchev–Trinajstić information content (AvgIpc) is 2.87. The second kappa shape index (κ2) is 5.01. The van der Waals surface area contributed by atoms with Gasteiger partial charge < -0.3 is 10.1 Å². The van der Waals surface area contributed by atoms with Crippen LogP contribution in [-0.4, -0.2) is 24.4 Å². The van der Waals surface area contributed by atoms with Gasteiger partial charge in [-0.05, 0) is 32.2 Å². The normalized spacial score (nSPS) is 12.4. The van der Waals surface area contributed by atoms with Gasteiger partial charge in [-0.3, -0.25) is 5.10 Å². The lowest BCUT2D eigenvalue weighted by Crippen LogP contribution is -2.12. The van der Waals surface area contributed by atoms with Gasteiger partial charge in [0.15, 0.2) is 0 Å². The summed E-state index contributed by atoms with van der Waals surface area (Å²) in [5.41, 5.74) is 3.06. The molecule has 1 aromatic carbocycles. The van der Waals surface area contributed by atoms with Crippen molar-refractivity contribution < 1.29 is 4.74 Å². The Morgan fingerprint density at radius 3 is 2.88 bits per heavy atom. The largest absolute Gasteiger partial charge is 0.497 e. The van der Waals surface area contributed by atoms with Gasteiger partial charge in [0.2, 0.25) is 0 Å². The Morgan fingerprint density at radius 1 is 1.35 bits per heavy atom. The molecule has 17 heavy (non-hydrogen) atoms. The number of hydrogen-bond donors (Lipinski definition) is 2. The zero-order chi connectivity index (χ0) is 12.3. The van der Waals surface area contributed by atoms with E-state index in [0.717, 1.165) is 22.7 Å². The molecule has 0 aliphatic heterocycles. The Labute approximate surface area is 101 Å². The average molecular weight is 231 g/mol. The minimum Gasteiger partial charge on any atom is -0.497 e. The van der Waals surface area contributed by atoms with Gasteiger partial charge in [-0.15, -0.1) is 0 Å². The third kappa shape index (κ3) is 2.47. The molecule has 2 N–H and O–H groups in total. The summed E-state index contributed by atoms with van der Waals surface area (Å²) < 4.78 is 5.20. The first-order chi connectivity index (χ1) is 8.24. The van der Waals surface area contributed by atoms with Gasteiger partial charge in [-0.2, -0.15) is 5.10 Å². The van der Waals surface area contributed by atoms with E-state index in [2.05, 4.69) is 28.5 Å². The summed E-state index contributed by atoms with van der Waals surface area (Å²) in [4.78, 5) is 0. The van der Waals surface area contributed by atoms with Crippen LogP contribution in [0.1, 0.15) is 18.7 Å². The van der Waals surface area contributed by atoms with E-state index in [1.54, 1.807) is 7.11 Å². The summed E-state index contributed by atoms with van der Waals surface area (Å²) in [5.74, 6) is 0.841. The third-order valence-corrected chi connectivity index (χ3v) is 2.86. The maximum Gasteiger partial charge on any atom is 0.119 e. The van der Waals surface area contributed by atoms with Crippen LogP contribution >= 0.6 is 0 Å². The number of methoxy groups -OCH3 is 1. The molecular weight excluding hydrogens is 214 g/mol. The Bertz CT molecular complexity index is 493. The van der Waals surface area contributed by atoms with E-state index >= 15 is 0 Å². The summed E-state index contributed by atoms with van der Waals surface area (Å²) in [6.07, 6.45) is 0. The van der Waals surface area contributed by atoms with Gasteiger partial charge in [-0.1, -0.05) is 12.1 Å². The van der Waals surface area contributed by atoms with E-state index in [9.17, 15) is 0 Å². The molecule has 0 saturated carbocycles. The zero-order valence-electron chi connectivity index (χ0n) is 10.3. The van der Waals surface area contributed by atoms with Crippen molar-refractivity contribution >= 4 is 0 Å². The minimum absolute atomic E-state index is 0.266. The molecule has 90 valence electrons. The molecule has 0 aliphatic rings. The van der Waals surface area contributed by atoms with E-state index < -0.39 is 0 Å². The third-order valence-electron chi connectivity index (χ3n) is 2.86. The summed E-state index contributed by atoms with van der Waals surface area (Å²) in [5, 5.41) is 10.5. The fourth-order valence-corrected chi connectivity index (χ4v) is 1.64. The smallest absolute Gasteiger partial charge is 0.119 e. The highest BCUT2D eigenvalue weighted by Gasteiger charge is 2.08. The fourth-order valence-electron chi connectivity index (χ4n) is 1.64. The molecule has 0 radical (unpaired) electrons. The van der Waals surface area contributed by atoms with Crippen LogP contribution < -0.4 is 10.1 Å². The van der Waals surface area contributed by atoms with Crippen LogP contribution in [0.5, 0.6) is 5.75 Å². The molecule has 2 rings (SSSR count). The summed E-state index contributed by atoms with van der Waals surface area (Å²) >= 11 is 0. The predicted octanol–water partition coefficient (Wildman–Crippen LogP) is 2.37. The number of aromatic nitrogens is 2. The van der Waals surface area contributed by atoms with Crippen LogP contribution in [0.2, 0.25) is 0 Å². The van der Waals surface area contributed by atoms with Crippen molar-refractivity contribution in [2.75, 3.05) is 14.2 Å². The molecule has 1 atom stereocenters. The van der Waals surface area contributed by atoms with Crippen molar-refractivity contribution in [2.45, 2.75) is 13.0 Å². The van der Waals surface area contributed by atoms with Gasteiger partial charge in [0.25, 0.3) is 0 Å². The van der Waals surface area contributed by atoms with Gasteiger partial charge in [0.1, 0.15) is 5.75 Å². The second-order valence-corrected chi connectivity index (χ2v) is 3.95. The molecule has 0 spiro atoms. The first kappa shape index (κ1) is 11.7. The molecule has 4 heteroatoms. The highest BCUT2D eigenvalue weighted by atomic mass is 16.5. The lowest BCUT2D eigenvalue weighted by atomic mass is 10.1. The van der Waals surface area contributed by atoms with Crippen LogP contribution in [0.4, 0.5) is 0 Å². The van der Waals surface area contributed by atoms with Gasteiger partial charge in [0.05, 0.1) is 18.5 Å². The van der Waals surface area contributed by atoms with Gasteiger partial charge in [-0.25, -0.2) is 0 Å².